The van der Waals surface area contributed by atoms with E-state index in [0.717, 1.165) is 5.75 Å². The van der Waals surface area contributed by atoms with Crippen molar-refractivity contribution in [3.8, 4) is 5.75 Å². The smallest absolute Gasteiger partial charge is 0.332 e. The van der Waals surface area contributed by atoms with Gasteiger partial charge in [0.15, 0.2) is 6.04 Å². The van der Waals surface area contributed by atoms with E-state index in [0.29, 0.717) is 19.6 Å². The first-order valence-corrected chi connectivity index (χ1v) is 6.53. The van der Waals surface area contributed by atoms with Crippen LogP contribution in [0, 0.1) is 0 Å². The molecular formula is C14H20N2O4. The number of hydrogen-bond acceptors (Lipinski definition) is 5. The number of ether oxygens (including phenoxy) is 2. The molecule has 0 aliphatic carbocycles. The van der Waals surface area contributed by atoms with Crippen LogP contribution in [0.15, 0.2) is 30.3 Å². The van der Waals surface area contributed by atoms with E-state index >= 15 is 0 Å². The number of benzene rings is 1. The third-order valence-corrected chi connectivity index (χ3v) is 2.46. The lowest BCUT2D eigenvalue weighted by Crippen LogP contribution is -2.47. The lowest BCUT2D eigenvalue weighted by atomic mass is 10.3. The molecule has 0 fully saturated rings. The molecule has 0 heterocycles. The number of para-hydroxylation sites is 1. The monoisotopic (exact) mass is 280 g/mol. The number of nitrogens with two attached hydrogens (primary N) is 1. The van der Waals surface area contributed by atoms with E-state index in [1.807, 2.05) is 30.3 Å². The first-order chi connectivity index (χ1) is 9.65. The summed E-state index contributed by atoms with van der Waals surface area (Å²) < 4.78 is 10.1. The molecule has 1 aromatic rings. The molecule has 1 amide bonds. The highest BCUT2D eigenvalue weighted by Gasteiger charge is 2.22. The van der Waals surface area contributed by atoms with Crippen molar-refractivity contribution in [2.75, 3.05) is 19.8 Å². The molecule has 0 radical (unpaired) electrons. The van der Waals surface area contributed by atoms with Crippen LogP contribution in [0.5, 0.6) is 5.75 Å². The molecular weight excluding hydrogens is 260 g/mol. The van der Waals surface area contributed by atoms with Crippen LogP contribution >= 0.6 is 0 Å². The van der Waals surface area contributed by atoms with Crippen LogP contribution in [-0.2, 0) is 14.3 Å². The van der Waals surface area contributed by atoms with Gasteiger partial charge < -0.3 is 20.5 Å². The number of esters is 1. The summed E-state index contributed by atoms with van der Waals surface area (Å²) in [4.78, 5) is 22.7. The van der Waals surface area contributed by atoms with Gasteiger partial charge >= 0.3 is 5.97 Å². The molecule has 1 aromatic carbocycles. The number of hydrogen-bond donors (Lipinski definition) is 2. The molecule has 1 rings (SSSR count). The van der Waals surface area contributed by atoms with Crippen molar-refractivity contribution in [1.82, 2.24) is 5.32 Å². The Morgan fingerprint density at radius 1 is 1.30 bits per heavy atom. The van der Waals surface area contributed by atoms with E-state index in [1.54, 1.807) is 6.92 Å². The Morgan fingerprint density at radius 2 is 2.00 bits per heavy atom. The van der Waals surface area contributed by atoms with Crippen LogP contribution in [0.3, 0.4) is 0 Å². The molecule has 0 spiro atoms. The third-order valence-electron chi connectivity index (χ3n) is 2.46. The molecule has 6 heteroatoms. The van der Waals surface area contributed by atoms with Crippen LogP contribution in [0.2, 0.25) is 0 Å². The lowest BCUT2D eigenvalue weighted by Gasteiger charge is -2.11. The Balaban J connectivity index is 2.14. The Morgan fingerprint density at radius 3 is 2.65 bits per heavy atom. The van der Waals surface area contributed by atoms with Crippen molar-refractivity contribution in [3.05, 3.63) is 30.3 Å². The quantitative estimate of drug-likeness (QED) is 0.410. The van der Waals surface area contributed by atoms with Gasteiger partial charge in [-0.15, -0.1) is 0 Å². The predicted octanol–water partition coefficient (Wildman–Crippen LogP) is 0.462. The van der Waals surface area contributed by atoms with E-state index in [1.165, 1.54) is 0 Å². The van der Waals surface area contributed by atoms with Gasteiger partial charge in [0.2, 0.25) is 5.91 Å². The van der Waals surface area contributed by atoms with E-state index in [4.69, 9.17) is 10.5 Å². The molecule has 20 heavy (non-hydrogen) atoms. The zero-order chi connectivity index (χ0) is 14.8. The van der Waals surface area contributed by atoms with Gasteiger partial charge in [0.1, 0.15) is 5.75 Å². The van der Waals surface area contributed by atoms with Crippen molar-refractivity contribution in [1.29, 1.82) is 0 Å². The van der Waals surface area contributed by atoms with Gasteiger partial charge in [0.05, 0.1) is 13.2 Å². The summed E-state index contributed by atoms with van der Waals surface area (Å²) in [6.07, 6.45) is 0.621. The van der Waals surface area contributed by atoms with Gasteiger partial charge in [-0.1, -0.05) is 18.2 Å². The highest BCUT2D eigenvalue weighted by molar-refractivity contribution is 6.01. The maximum atomic E-state index is 11.5. The number of amides is 1. The Kier molecular flexibility index (Phi) is 7.13. The van der Waals surface area contributed by atoms with E-state index in [9.17, 15) is 9.59 Å². The number of rotatable bonds is 8. The predicted molar refractivity (Wildman–Crippen MR) is 74.2 cm³/mol. The largest absolute Gasteiger partial charge is 0.494 e. The highest BCUT2D eigenvalue weighted by atomic mass is 16.5. The summed E-state index contributed by atoms with van der Waals surface area (Å²) in [6.45, 7) is 2.71. The highest BCUT2D eigenvalue weighted by Crippen LogP contribution is 2.07. The molecule has 6 nitrogen and oxygen atoms in total. The van der Waals surface area contributed by atoms with Crippen molar-refractivity contribution in [2.45, 2.75) is 19.4 Å². The van der Waals surface area contributed by atoms with Crippen molar-refractivity contribution < 1.29 is 19.1 Å². The summed E-state index contributed by atoms with van der Waals surface area (Å²) in [7, 11) is 0. The van der Waals surface area contributed by atoms with Crippen LogP contribution in [0.4, 0.5) is 0 Å². The van der Waals surface area contributed by atoms with Crippen LogP contribution in [0.25, 0.3) is 0 Å². The Hall–Kier alpha value is -2.08. The second-order valence-corrected chi connectivity index (χ2v) is 4.04. The standard InChI is InChI=1S/C14H20N2O4/c1-2-19-14(18)12(15)13(17)16-9-6-10-20-11-7-4-3-5-8-11/h3-5,7-8,12H,2,6,9-10,15H2,1H3,(H,16,17). The topological polar surface area (TPSA) is 90.7 Å². The molecule has 0 saturated heterocycles. The maximum absolute atomic E-state index is 11.5. The summed E-state index contributed by atoms with van der Waals surface area (Å²) in [5.41, 5.74) is 5.43. The molecule has 1 atom stereocenters. The van der Waals surface area contributed by atoms with Crippen LogP contribution in [0.1, 0.15) is 13.3 Å². The maximum Gasteiger partial charge on any atom is 0.332 e. The summed E-state index contributed by atoms with van der Waals surface area (Å²) in [6, 6.07) is 8.12. The van der Waals surface area contributed by atoms with Crippen molar-refractivity contribution in [2.24, 2.45) is 5.73 Å². The average molecular weight is 280 g/mol. The van der Waals surface area contributed by atoms with E-state index < -0.39 is 17.9 Å². The molecule has 110 valence electrons. The molecule has 0 aliphatic rings. The molecule has 3 N–H and O–H groups in total. The number of carbonyl (C=O) groups is 2. The Bertz CT molecular complexity index is 422. The SMILES string of the molecule is CCOC(=O)C(N)C(=O)NCCCOc1ccccc1. The minimum Gasteiger partial charge on any atom is -0.494 e. The van der Waals surface area contributed by atoms with Crippen LogP contribution in [-0.4, -0.2) is 37.7 Å². The first kappa shape index (κ1) is 16.0. The minimum atomic E-state index is -1.27. The Labute approximate surface area is 118 Å². The number of nitrogens with one attached hydrogen (secondary N) is 1. The lowest BCUT2D eigenvalue weighted by molar-refractivity contribution is -0.147. The van der Waals surface area contributed by atoms with Gasteiger partial charge in [0.25, 0.3) is 0 Å². The van der Waals surface area contributed by atoms with Gasteiger partial charge in [-0.05, 0) is 25.5 Å². The number of carbonyl (C=O) groups excluding carboxylic acids is 2. The van der Waals surface area contributed by atoms with Gasteiger partial charge in [-0.25, -0.2) is 4.79 Å². The van der Waals surface area contributed by atoms with Crippen LogP contribution < -0.4 is 15.8 Å². The minimum absolute atomic E-state index is 0.199. The molecule has 0 bridgehead atoms. The van der Waals surface area contributed by atoms with Gasteiger partial charge in [-0.2, -0.15) is 0 Å². The summed E-state index contributed by atoms with van der Waals surface area (Å²) in [5, 5.41) is 2.56. The zero-order valence-corrected chi connectivity index (χ0v) is 11.5. The summed E-state index contributed by atoms with van der Waals surface area (Å²) >= 11 is 0. The van der Waals surface area contributed by atoms with Gasteiger partial charge in [0, 0.05) is 6.54 Å². The molecule has 0 aliphatic heterocycles. The fourth-order valence-electron chi connectivity index (χ4n) is 1.44. The third kappa shape index (κ3) is 5.71. The first-order valence-electron chi connectivity index (χ1n) is 6.53. The second kappa shape index (κ2) is 8.92. The summed E-state index contributed by atoms with van der Waals surface area (Å²) in [5.74, 6) is -0.476. The molecule has 0 aromatic heterocycles. The fourth-order valence-corrected chi connectivity index (χ4v) is 1.44. The normalized spacial score (nSPS) is 11.5. The molecule has 1 unspecified atom stereocenters. The van der Waals surface area contributed by atoms with Gasteiger partial charge in [-0.3, -0.25) is 4.79 Å². The van der Waals surface area contributed by atoms with Crippen molar-refractivity contribution in [3.63, 3.8) is 0 Å². The van der Waals surface area contributed by atoms with E-state index in [-0.39, 0.29) is 6.61 Å². The van der Waals surface area contributed by atoms with E-state index in [2.05, 4.69) is 10.1 Å². The second-order valence-electron chi connectivity index (χ2n) is 4.04. The molecule has 0 saturated carbocycles. The fraction of sp³-hybridized carbons (Fsp3) is 0.429. The van der Waals surface area contributed by atoms with Crippen molar-refractivity contribution >= 4 is 11.9 Å². The average Bonchev–Trinajstić information content (AvgIpc) is 2.47. The zero-order valence-electron chi connectivity index (χ0n) is 11.5.